The number of pyridine rings is 1. The molecule has 0 bridgehead atoms. The van der Waals surface area contributed by atoms with Gasteiger partial charge in [0.15, 0.2) is 6.10 Å². The van der Waals surface area contributed by atoms with Crippen LogP contribution in [0, 0.1) is 6.92 Å². The minimum Gasteiger partial charge on any atom is -0.464 e. The number of carbonyl (C=O) groups is 1. The van der Waals surface area contributed by atoms with Gasteiger partial charge < -0.3 is 18.6 Å². The largest absolute Gasteiger partial charge is 0.464 e. The molecule has 0 saturated carbocycles. The summed E-state index contributed by atoms with van der Waals surface area (Å²) in [6.07, 6.45) is 4.83. The van der Waals surface area contributed by atoms with Crippen LogP contribution in [0.15, 0.2) is 57.9 Å². The standard InChI is InChI=1S/C22H20N4O4/c1-14-2-3-17-16(13-29-18(17)10-14)11-20(27)26-8-9-28-19(12-26)22-24-21(25-30-22)15-4-6-23-7-5-15/h2-7,10,13,19H,8-9,11-12H2,1H3/t19-/m0/s1. The number of fused-ring (bicyclic) bond motifs is 1. The molecular weight excluding hydrogens is 384 g/mol. The SMILES string of the molecule is Cc1ccc2c(CC(=O)N3CCO[C@H](c4nc(-c5ccncc5)no4)C3)coc2c1. The highest BCUT2D eigenvalue weighted by Crippen LogP contribution is 2.26. The Kier molecular flexibility index (Phi) is 4.76. The highest BCUT2D eigenvalue weighted by atomic mass is 16.5. The third-order valence-electron chi connectivity index (χ3n) is 5.23. The summed E-state index contributed by atoms with van der Waals surface area (Å²) in [5, 5.41) is 4.99. The van der Waals surface area contributed by atoms with Crippen molar-refractivity contribution in [2.24, 2.45) is 0 Å². The van der Waals surface area contributed by atoms with Gasteiger partial charge in [0.05, 0.1) is 25.8 Å². The lowest BCUT2D eigenvalue weighted by Gasteiger charge is -2.31. The van der Waals surface area contributed by atoms with Gasteiger partial charge in [-0.05, 0) is 30.7 Å². The molecule has 0 radical (unpaired) electrons. The highest BCUT2D eigenvalue weighted by Gasteiger charge is 2.30. The van der Waals surface area contributed by atoms with Crippen LogP contribution in [0.3, 0.4) is 0 Å². The van der Waals surface area contributed by atoms with E-state index in [2.05, 4.69) is 15.1 Å². The minimum absolute atomic E-state index is 0.0143. The molecular formula is C22H20N4O4. The van der Waals surface area contributed by atoms with E-state index in [1.54, 1.807) is 23.6 Å². The van der Waals surface area contributed by atoms with Gasteiger partial charge in [-0.15, -0.1) is 0 Å². The number of morpholine rings is 1. The maximum absolute atomic E-state index is 12.9. The molecule has 1 fully saturated rings. The van der Waals surface area contributed by atoms with Gasteiger partial charge in [0, 0.05) is 35.5 Å². The van der Waals surface area contributed by atoms with Gasteiger partial charge in [-0.2, -0.15) is 4.98 Å². The summed E-state index contributed by atoms with van der Waals surface area (Å²) in [5.41, 5.74) is 3.62. The number of carbonyl (C=O) groups excluding carboxylic acids is 1. The molecule has 30 heavy (non-hydrogen) atoms. The number of ether oxygens (including phenoxy) is 1. The lowest BCUT2D eigenvalue weighted by atomic mass is 10.1. The first-order chi connectivity index (χ1) is 14.7. The van der Waals surface area contributed by atoms with E-state index in [1.807, 2.05) is 37.3 Å². The van der Waals surface area contributed by atoms with E-state index in [0.717, 1.165) is 27.7 Å². The molecule has 0 spiro atoms. The first kappa shape index (κ1) is 18.5. The van der Waals surface area contributed by atoms with Crippen molar-refractivity contribution in [1.82, 2.24) is 20.0 Å². The summed E-state index contributed by atoms with van der Waals surface area (Å²) >= 11 is 0. The quantitative estimate of drug-likeness (QED) is 0.515. The van der Waals surface area contributed by atoms with Gasteiger partial charge in [0.1, 0.15) is 5.58 Å². The number of amides is 1. The van der Waals surface area contributed by atoms with Crippen LogP contribution in [-0.4, -0.2) is 45.6 Å². The molecule has 4 heterocycles. The Labute approximate surface area is 172 Å². The fourth-order valence-electron chi connectivity index (χ4n) is 3.61. The van der Waals surface area contributed by atoms with Crippen LogP contribution in [0.4, 0.5) is 0 Å². The summed E-state index contributed by atoms with van der Waals surface area (Å²) in [4.78, 5) is 23.1. The number of aryl methyl sites for hydroxylation is 1. The summed E-state index contributed by atoms with van der Waals surface area (Å²) in [6.45, 7) is 3.31. The molecule has 1 aromatic carbocycles. The molecule has 0 unspecified atom stereocenters. The van der Waals surface area contributed by atoms with Crippen LogP contribution in [0.1, 0.15) is 23.1 Å². The van der Waals surface area contributed by atoms with Crippen molar-refractivity contribution in [3.63, 3.8) is 0 Å². The second-order valence-corrected chi connectivity index (χ2v) is 7.33. The number of hydrogen-bond acceptors (Lipinski definition) is 7. The Balaban J connectivity index is 1.29. The molecule has 152 valence electrons. The number of nitrogens with zero attached hydrogens (tertiary/aromatic N) is 4. The number of rotatable bonds is 4. The Hall–Kier alpha value is -3.52. The molecule has 1 amide bonds. The minimum atomic E-state index is -0.450. The molecule has 8 nitrogen and oxygen atoms in total. The van der Waals surface area contributed by atoms with E-state index in [-0.39, 0.29) is 12.3 Å². The zero-order chi connectivity index (χ0) is 20.5. The molecule has 8 heteroatoms. The Bertz CT molecular complexity index is 1180. The molecule has 1 aliphatic rings. The van der Waals surface area contributed by atoms with Crippen LogP contribution >= 0.6 is 0 Å². The topological polar surface area (TPSA) is 94.5 Å². The monoisotopic (exact) mass is 404 g/mol. The van der Waals surface area contributed by atoms with Crippen molar-refractivity contribution in [2.75, 3.05) is 19.7 Å². The summed E-state index contributed by atoms with van der Waals surface area (Å²) in [6, 6.07) is 9.61. The van der Waals surface area contributed by atoms with Crippen LogP contribution in [-0.2, 0) is 16.0 Å². The average Bonchev–Trinajstić information content (AvgIpc) is 3.42. The fraction of sp³-hybridized carbons (Fsp3) is 0.273. The van der Waals surface area contributed by atoms with Crippen molar-refractivity contribution in [2.45, 2.75) is 19.4 Å². The fourth-order valence-corrected chi connectivity index (χ4v) is 3.61. The zero-order valence-corrected chi connectivity index (χ0v) is 16.4. The summed E-state index contributed by atoms with van der Waals surface area (Å²) in [7, 11) is 0. The third-order valence-corrected chi connectivity index (χ3v) is 5.23. The van der Waals surface area contributed by atoms with Gasteiger partial charge >= 0.3 is 0 Å². The number of furan rings is 1. The maximum Gasteiger partial charge on any atom is 0.257 e. The molecule has 4 aromatic rings. The molecule has 0 aliphatic carbocycles. The lowest BCUT2D eigenvalue weighted by molar-refractivity contribution is -0.139. The van der Waals surface area contributed by atoms with E-state index >= 15 is 0 Å². The van der Waals surface area contributed by atoms with E-state index in [0.29, 0.717) is 31.4 Å². The zero-order valence-electron chi connectivity index (χ0n) is 16.4. The summed E-state index contributed by atoms with van der Waals surface area (Å²) in [5.74, 6) is 0.851. The predicted octanol–water partition coefficient (Wildman–Crippen LogP) is 3.33. The highest BCUT2D eigenvalue weighted by molar-refractivity contribution is 5.88. The maximum atomic E-state index is 12.9. The second kappa shape index (κ2) is 7.72. The van der Waals surface area contributed by atoms with E-state index < -0.39 is 6.10 Å². The average molecular weight is 404 g/mol. The molecule has 0 N–H and O–H groups in total. The van der Waals surface area contributed by atoms with Crippen molar-refractivity contribution in [3.05, 3.63) is 66.0 Å². The van der Waals surface area contributed by atoms with Gasteiger partial charge in [0.25, 0.3) is 5.89 Å². The normalized spacial score (nSPS) is 16.8. The lowest BCUT2D eigenvalue weighted by Crippen LogP contribution is -2.43. The first-order valence-corrected chi connectivity index (χ1v) is 9.77. The Morgan fingerprint density at radius 3 is 2.97 bits per heavy atom. The predicted molar refractivity (Wildman–Crippen MR) is 107 cm³/mol. The third kappa shape index (κ3) is 3.57. The van der Waals surface area contributed by atoms with Crippen LogP contribution in [0.2, 0.25) is 0 Å². The van der Waals surface area contributed by atoms with E-state index in [9.17, 15) is 4.79 Å². The van der Waals surface area contributed by atoms with Crippen molar-refractivity contribution in [1.29, 1.82) is 0 Å². The molecule has 3 aromatic heterocycles. The van der Waals surface area contributed by atoms with Crippen LogP contribution < -0.4 is 0 Å². The van der Waals surface area contributed by atoms with E-state index in [1.165, 1.54) is 0 Å². The Morgan fingerprint density at radius 2 is 2.10 bits per heavy atom. The second-order valence-electron chi connectivity index (χ2n) is 7.33. The van der Waals surface area contributed by atoms with Crippen LogP contribution in [0.5, 0.6) is 0 Å². The molecule has 1 aliphatic heterocycles. The van der Waals surface area contributed by atoms with Crippen molar-refractivity contribution < 1.29 is 18.5 Å². The van der Waals surface area contributed by atoms with Crippen molar-refractivity contribution in [3.8, 4) is 11.4 Å². The van der Waals surface area contributed by atoms with Crippen molar-refractivity contribution >= 4 is 16.9 Å². The smallest absolute Gasteiger partial charge is 0.257 e. The first-order valence-electron chi connectivity index (χ1n) is 9.77. The summed E-state index contributed by atoms with van der Waals surface area (Å²) < 4.78 is 16.8. The van der Waals surface area contributed by atoms with Gasteiger partial charge in [-0.1, -0.05) is 17.3 Å². The Morgan fingerprint density at radius 1 is 1.23 bits per heavy atom. The van der Waals surface area contributed by atoms with E-state index in [4.69, 9.17) is 13.7 Å². The molecule has 1 saturated heterocycles. The molecule has 5 rings (SSSR count). The van der Waals surface area contributed by atoms with Gasteiger partial charge in [-0.25, -0.2) is 0 Å². The number of hydrogen-bond donors (Lipinski definition) is 0. The number of benzene rings is 1. The molecule has 1 atom stereocenters. The van der Waals surface area contributed by atoms with Gasteiger partial charge in [-0.3, -0.25) is 9.78 Å². The van der Waals surface area contributed by atoms with Crippen LogP contribution in [0.25, 0.3) is 22.4 Å². The number of aromatic nitrogens is 3. The van der Waals surface area contributed by atoms with Gasteiger partial charge in [0.2, 0.25) is 11.7 Å².